The van der Waals surface area contributed by atoms with E-state index >= 15 is 0 Å². The van der Waals surface area contributed by atoms with Crippen molar-refractivity contribution in [3.63, 3.8) is 0 Å². The van der Waals surface area contributed by atoms with E-state index in [2.05, 4.69) is 30.5 Å². The second-order valence-corrected chi connectivity index (χ2v) is 10.4. The van der Waals surface area contributed by atoms with E-state index in [1.54, 1.807) is 36.8 Å². The Morgan fingerprint density at radius 1 is 1.00 bits per heavy atom. The first-order valence-corrected chi connectivity index (χ1v) is 13.5. The van der Waals surface area contributed by atoms with Crippen LogP contribution < -0.4 is 15.5 Å². The molecule has 2 fully saturated rings. The number of piperidine rings is 2. The standard InChI is InChI=1S/C29H29N7O4/c37-25-7-6-24(27(39)34-25)36-17-19-14-21(4-5-22(19)28(36)40)33-26(38)13-18-8-11-35(12-9-18)29-31-15-20(16-32-29)23-3-1-2-10-30-23/h1-5,10,14-16,18,24H,6-9,11-13,17H2,(H,33,38)(H,34,37,39). The molecule has 204 valence electrons. The van der Waals surface area contributed by atoms with Gasteiger partial charge in [0.1, 0.15) is 6.04 Å². The third-order valence-electron chi connectivity index (χ3n) is 7.78. The summed E-state index contributed by atoms with van der Waals surface area (Å²) in [6.07, 6.45) is 7.98. The van der Waals surface area contributed by atoms with Crippen molar-refractivity contribution in [2.45, 2.75) is 44.7 Å². The maximum Gasteiger partial charge on any atom is 0.255 e. The monoisotopic (exact) mass is 539 g/mol. The molecule has 1 unspecified atom stereocenters. The van der Waals surface area contributed by atoms with Crippen molar-refractivity contribution in [3.8, 4) is 11.3 Å². The Morgan fingerprint density at radius 2 is 1.80 bits per heavy atom. The molecule has 5 heterocycles. The van der Waals surface area contributed by atoms with E-state index in [1.807, 2.05) is 18.2 Å². The Morgan fingerprint density at radius 3 is 2.52 bits per heavy atom. The predicted octanol–water partition coefficient (Wildman–Crippen LogP) is 2.54. The van der Waals surface area contributed by atoms with Crippen LogP contribution in [0.2, 0.25) is 0 Å². The molecule has 0 saturated carbocycles. The van der Waals surface area contributed by atoms with Crippen LogP contribution in [-0.2, 0) is 20.9 Å². The zero-order chi connectivity index (χ0) is 27.6. The van der Waals surface area contributed by atoms with Gasteiger partial charge in [-0.25, -0.2) is 9.97 Å². The van der Waals surface area contributed by atoms with Crippen LogP contribution in [0.25, 0.3) is 11.3 Å². The lowest BCUT2D eigenvalue weighted by Crippen LogP contribution is -2.52. The number of hydrogen-bond donors (Lipinski definition) is 2. The number of rotatable bonds is 6. The topological polar surface area (TPSA) is 137 Å². The molecule has 1 atom stereocenters. The van der Waals surface area contributed by atoms with Crippen molar-refractivity contribution >= 4 is 35.3 Å². The van der Waals surface area contributed by atoms with Gasteiger partial charge in [-0.2, -0.15) is 0 Å². The molecule has 11 heteroatoms. The van der Waals surface area contributed by atoms with Gasteiger partial charge in [-0.3, -0.25) is 29.5 Å². The number of pyridine rings is 1. The lowest BCUT2D eigenvalue weighted by molar-refractivity contribution is -0.137. The number of nitrogens with zero attached hydrogens (tertiary/aromatic N) is 5. The molecule has 0 radical (unpaired) electrons. The fraction of sp³-hybridized carbons (Fsp3) is 0.345. The Bertz CT molecular complexity index is 1450. The first kappa shape index (κ1) is 25.6. The minimum Gasteiger partial charge on any atom is -0.341 e. The van der Waals surface area contributed by atoms with Gasteiger partial charge in [-0.15, -0.1) is 0 Å². The van der Waals surface area contributed by atoms with Crippen molar-refractivity contribution in [2.75, 3.05) is 23.3 Å². The van der Waals surface area contributed by atoms with Gasteiger partial charge < -0.3 is 15.1 Å². The number of imide groups is 1. The summed E-state index contributed by atoms with van der Waals surface area (Å²) >= 11 is 0. The number of hydrogen-bond acceptors (Lipinski definition) is 8. The number of carbonyl (C=O) groups is 4. The second kappa shape index (κ2) is 10.8. The number of benzene rings is 1. The minimum absolute atomic E-state index is 0.0688. The van der Waals surface area contributed by atoms with Crippen molar-refractivity contribution < 1.29 is 19.2 Å². The van der Waals surface area contributed by atoms with Crippen molar-refractivity contribution in [3.05, 3.63) is 66.1 Å². The number of fused-ring (bicyclic) bond motifs is 1. The Balaban J connectivity index is 1.00. The Hall–Kier alpha value is -4.67. The van der Waals surface area contributed by atoms with Gasteiger partial charge in [0, 0.05) is 67.9 Å². The highest BCUT2D eigenvalue weighted by Crippen LogP contribution is 2.30. The Labute approximate surface area is 231 Å². The third-order valence-corrected chi connectivity index (χ3v) is 7.78. The van der Waals surface area contributed by atoms with Gasteiger partial charge in [0.25, 0.3) is 5.91 Å². The fourth-order valence-electron chi connectivity index (χ4n) is 5.61. The molecule has 3 aliphatic rings. The molecule has 0 aliphatic carbocycles. The molecule has 3 aliphatic heterocycles. The average Bonchev–Trinajstić information content (AvgIpc) is 3.29. The molecule has 40 heavy (non-hydrogen) atoms. The normalized spacial score (nSPS) is 19.4. The number of carbonyl (C=O) groups excluding carboxylic acids is 4. The third kappa shape index (κ3) is 5.27. The van der Waals surface area contributed by atoms with Crippen LogP contribution in [0.4, 0.5) is 11.6 Å². The van der Waals surface area contributed by atoms with Crippen LogP contribution in [0.1, 0.15) is 48.0 Å². The van der Waals surface area contributed by atoms with E-state index in [0.717, 1.165) is 42.8 Å². The molecule has 11 nitrogen and oxygen atoms in total. The van der Waals surface area contributed by atoms with E-state index in [9.17, 15) is 19.2 Å². The first-order valence-electron chi connectivity index (χ1n) is 13.5. The average molecular weight is 540 g/mol. The van der Waals surface area contributed by atoms with Crippen molar-refractivity contribution in [2.24, 2.45) is 5.92 Å². The summed E-state index contributed by atoms with van der Waals surface area (Å²) in [5.41, 5.74) is 3.61. The van der Waals surface area contributed by atoms with E-state index in [0.29, 0.717) is 30.0 Å². The smallest absolute Gasteiger partial charge is 0.255 e. The van der Waals surface area contributed by atoms with E-state index in [1.165, 1.54) is 4.90 Å². The lowest BCUT2D eigenvalue weighted by Gasteiger charge is -2.31. The summed E-state index contributed by atoms with van der Waals surface area (Å²) < 4.78 is 0. The maximum atomic E-state index is 12.9. The SMILES string of the molecule is O=C1CCC(N2Cc3cc(NC(=O)CC4CCN(c5ncc(-c6ccccn6)cn5)CC4)ccc3C2=O)C(=O)N1. The molecule has 1 aromatic carbocycles. The highest BCUT2D eigenvalue weighted by atomic mass is 16.2. The molecule has 0 spiro atoms. The van der Waals surface area contributed by atoms with Crippen LogP contribution >= 0.6 is 0 Å². The summed E-state index contributed by atoms with van der Waals surface area (Å²) in [6, 6.07) is 10.3. The Kier molecular flexibility index (Phi) is 6.93. The van der Waals surface area contributed by atoms with Gasteiger partial charge in [0.2, 0.25) is 23.7 Å². The molecule has 6 rings (SSSR count). The summed E-state index contributed by atoms with van der Waals surface area (Å²) in [6.45, 7) is 1.82. The molecule has 4 amide bonds. The van der Waals surface area contributed by atoms with Crippen molar-refractivity contribution in [1.82, 2.24) is 25.2 Å². The zero-order valence-electron chi connectivity index (χ0n) is 21.9. The van der Waals surface area contributed by atoms with E-state index < -0.39 is 11.9 Å². The van der Waals surface area contributed by atoms with Gasteiger partial charge in [-0.05, 0) is 61.1 Å². The van der Waals surface area contributed by atoms with Gasteiger partial charge in [-0.1, -0.05) is 6.07 Å². The van der Waals surface area contributed by atoms with Crippen LogP contribution in [0.15, 0.2) is 55.0 Å². The van der Waals surface area contributed by atoms with Crippen LogP contribution in [-0.4, -0.2) is 62.6 Å². The molecule has 2 N–H and O–H groups in total. The zero-order valence-corrected chi connectivity index (χ0v) is 21.9. The summed E-state index contributed by atoms with van der Waals surface area (Å²) in [5, 5.41) is 5.28. The number of anilines is 2. The van der Waals surface area contributed by atoms with Crippen LogP contribution in [0.5, 0.6) is 0 Å². The molecular formula is C29H29N7O4. The quantitative estimate of drug-likeness (QED) is 0.456. The number of aromatic nitrogens is 3. The number of nitrogens with one attached hydrogen (secondary N) is 2. The van der Waals surface area contributed by atoms with Crippen molar-refractivity contribution in [1.29, 1.82) is 0 Å². The van der Waals surface area contributed by atoms with E-state index in [4.69, 9.17) is 0 Å². The molecule has 2 saturated heterocycles. The summed E-state index contributed by atoms with van der Waals surface area (Å²) in [5.74, 6) is -0.121. The molecule has 0 bridgehead atoms. The highest BCUT2D eigenvalue weighted by Gasteiger charge is 2.39. The summed E-state index contributed by atoms with van der Waals surface area (Å²) in [4.78, 5) is 66.5. The van der Waals surface area contributed by atoms with Crippen LogP contribution in [0.3, 0.4) is 0 Å². The predicted molar refractivity (Wildman–Crippen MR) is 146 cm³/mol. The lowest BCUT2D eigenvalue weighted by atomic mass is 9.93. The minimum atomic E-state index is -0.661. The van der Waals surface area contributed by atoms with Gasteiger partial charge in [0.15, 0.2) is 0 Å². The molecule has 2 aromatic heterocycles. The van der Waals surface area contributed by atoms with Crippen LogP contribution in [0, 0.1) is 5.92 Å². The number of amides is 4. The molecular weight excluding hydrogens is 510 g/mol. The maximum absolute atomic E-state index is 12.9. The fourth-order valence-corrected chi connectivity index (χ4v) is 5.61. The van der Waals surface area contributed by atoms with Gasteiger partial charge in [0.05, 0.1) is 5.69 Å². The first-order chi connectivity index (χ1) is 19.4. The van der Waals surface area contributed by atoms with Gasteiger partial charge >= 0.3 is 0 Å². The second-order valence-electron chi connectivity index (χ2n) is 10.4. The largest absolute Gasteiger partial charge is 0.341 e. The highest BCUT2D eigenvalue weighted by molar-refractivity contribution is 6.05. The molecule has 3 aromatic rings. The summed E-state index contributed by atoms with van der Waals surface area (Å²) in [7, 11) is 0. The van der Waals surface area contributed by atoms with E-state index in [-0.39, 0.29) is 36.6 Å².